The highest BCUT2D eigenvalue weighted by Crippen LogP contribution is 2.45. The van der Waals surface area contributed by atoms with Gasteiger partial charge in [-0.2, -0.15) is 18.3 Å². The van der Waals surface area contributed by atoms with Gasteiger partial charge in [-0.3, -0.25) is 4.79 Å². The van der Waals surface area contributed by atoms with E-state index in [-0.39, 0.29) is 24.2 Å². The number of methoxy groups -OCH3 is 2. The van der Waals surface area contributed by atoms with Crippen LogP contribution in [-0.2, 0) is 0 Å². The second kappa shape index (κ2) is 9.38. The summed E-state index contributed by atoms with van der Waals surface area (Å²) in [7, 11) is 2.98. The Morgan fingerprint density at radius 2 is 1.78 bits per heavy atom. The Balaban J connectivity index is 1.42. The largest absolute Gasteiger partial charge is 0.493 e. The van der Waals surface area contributed by atoms with E-state index < -0.39 is 18.3 Å². The Morgan fingerprint density at radius 1 is 1.06 bits per heavy atom. The van der Waals surface area contributed by atoms with Crippen molar-refractivity contribution in [2.24, 2.45) is 0 Å². The first-order valence-corrected chi connectivity index (χ1v) is 11.5. The number of amides is 1. The van der Waals surface area contributed by atoms with E-state index in [1.807, 2.05) is 0 Å². The normalized spacial score (nSPS) is 19.6. The summed E-state index contributed by atoms with van der Waals surface area (Å²) in [6.07, 6.45) is -4.73. The third-order valence-electron chi connectivity index (χ3n) is 6.56. The summed E-state index contributed by atoms with van der Waals surface area (Å²) >= 11 is 0. The van der Waals surface area contributed by atoms with E-state index in [0.29, 0.717) is 33.9 Å². The van der Waals surface area contributed by atoms with E-state index >= 15 is 0 Å². The molecule has 11 heteroatoms. The first-order valence-electron chi connectivity index (χ1n) is 11.5. The molecule has 1 fully saturated rings. The summed E-state index contributed by atoms with van der Waals surface area (Å²) in [5, 5.41) is 13.5. The minimum atomic E-state index is -4.49. The number of nitrogens with one attached hydrogen (secondary N) is 3. The predicted molar refractivity (Wildman–Crippen MR) is 127 cm³/mol. The SMILES string of the molecule is COc1ccc(C2CC(C(F)(F)F)n3nc(-c4ccc(C(=O)NC5CNC5)cc4)cc3N2)cc1OC. The van der Waals surface area contributed by atoms with Crippen LogP contribution in [0.4, 0.5) is 19.0 Å². The van der Waals surface area contributed by atoms with Gasteiger partial charge in [-0.05, 0) is 29.8 Å². The molecule has 0 radical (unpaired) electrons. The van der Waals surface area contributed by atoms with Crippen molar-refractivity contribution in [2.45, 2.75) is 30.7 Å². The summed E-state index contributed by atoms with van der Waals surface area (Å²) in [6, 6.07) is 11.1. The molecule has 2 aromatic carbocycles. The molecule has 3 N–H and O–H groups in total. The predicted octanol–water partition coefficient (Wildman–Crippen LogP) is 3.93. The molecule has 1 aromatic heterocycles. The fourth-order valence-corrected chi connectivity index (χ4v) is 4.45. The lowest BCUT2D eigenvalue weighted by atomic mass is 9.96. The summed E-state index contributed by atoms with van der Waals surface area (Å²) in [5.74, 6) is 1.02. The van der Waals surface area contributed by atoms with Crippen LogP contribution >= 0.6 is 0 Å². The maximum Gasteiger partial charge on any atom is 0.410 e. The number of hydrogen-bond acceptors (Lipinski definition) is 6. The molecule has 1 amide bonds. The molecule has 3 aromatic rings. The van der Waals surface area contributed by atoms with Gasteiger partial charge in [0.15, 0.2) is 17.5 Å². The van der Waals surface area contributed by atoms with Crippen LogP contribution < -0.4 is 25.4 Å². The van der Waals surface area contributed by atoms with Crippen LogP contribution in [0.15, 0.2) is 48.5 Å². The zero-order valence-electron chi connectivity index (χ0n) is 19.7. The number of ether oxygens (including phenoxy) is 2. The average Bonchev–Trinajstić information content (AvgIpc) is 3.28. The molecule has 2 aliphatic heterocycles. The standard InChI is InChI=1S/C25H26F3N5O3/c1-35-20-8-7-16(9-21(20)36-2)18-10-22(25(26,27)28)33-23(31-18)11-19(32-33)14-3-5-15(6-4-14)24(34)30-17-12-29-13-17/h3-9,11,17-18,22,29,31H,10,12-13H2,1-2H3,(H,30,34). The van der Waals surface area contributed by atoms with Gasteiger partial charge < -0.3 is 25.4 Å². The topological polar surface area (TPSA) is 89.4 Å². The molecule has 8 nitrogen and oxygen atoms in total. The maximum absolute atomic E-state index is 14.1. The summed E-state index contributed by atoms with van der Waals surface area (Å²) in [4.78, 5) is 12.4. The van der Waals surface area contributed by atoms with E-state index in [0.717, 1.165) is 17.8 Å². The van der Waals surface area contributed by atoms with Gasteiger partial charge in [-0.25, -0.2) is 4.68 Å². The summed E-state index contributed by atoms with van der Waals surface area (Å²) < 4.78 is 53.8. The molecule has 0 bridgehead atoms. The molecule has 190 valence electrons. The molecular formula is C25H26F3N5O3. The Kier molecular flexibility index (Phi) is 6.25. The lowest BCUT2D eigenvalue weighted by Gasteiger charge is -2.33. The van der Waals surface area contributed by atoms with Crippen LogP contribution in [0, 0.1) is 0 Å². The van der Waals surface area contributed by atoms with Crippen LogP contribution in [0.25, 0.3) is 11.3 Å². The van der Waals surface area contributed by atoms with Crippen molar-refractivity contribution >= 4 is 11.7 Å². The zero-order valence-corrected chi connectivity index (χ0v) is 19.7. The van der Waals surface area contributed by atoms with E-state index in [4.69, 9.17) is 9.47 Å². The number of aromatic nitrogens is 2. The van der Waals surface area contributed by atoms with Gasteiger partial charge in [0, 0.05) is 36.7 Å². The minimum Gasteiger partial charge on any atom is -0.493 e. The van der Waals surface area contributed by atoms with Gasteiger partial charge in [0.25, 0.3) is 5.91 Å². The van der Waals surface area contributed by atoms with E-state index in [2.05, 4.69) is 21.0 Å². The van der Waals surface area contributed by atoms with Crippen LogP contribution in [-0.4, -0.2) is 55.2 Å². The van der Waals surface area contributed by atoms with Gasteiger partial charge in [-0.15, -0.1) is 0 Å². The number of fused-ring (bicyclic) bond motifs is 1. The maximum atomic E-state index is 14.1. The number of anilines is 1. The Labute approximate surface area is 205 Å². The molecule has 3 heterocycles. The van der Waals surface area contributed by atoms with Crippen LogP contribution in [0.5, 0.6) is 11.5 Å². The number of nitrogens with zero attached hydrogens (tertiary/aromatic N) is 2. The molecule has 2 unspecified atom stereocenters. The fraction of sp³-hybridized carbons (Fsp3) is 0.360. The van der Waals surface area contributed by atoms with E-state index in [1.54, 1.807) is 48.5 Å². The van der Waals surface area contributed by atoms with Crippen molar-refractivity contribution in [1.82, 2.24) is 20.4 Å². The van der Waals surface area contributed by atoms with Gasteiger partial charge in [0.05, 0.1) is 32.0 Å². The lowest BCUT2D eigenvalue weighted by Crippen LogP contribution is -2.56. The molecule has 2 atom stereocenters. The van der Waals surface area contributed by atoms with Crippen molar-refractivity contribution in [3.63, 3.8) is 0 Å². The second-order valence-corrected chi connectivity index (χ2v) is 8.87. The molecule has 36 heavy (non-hydrogen) atoms. The van der Waals surface area contributed by atoms with Gasteiger partial charge in [-0.1, -0.05) is 18.2 Å². The quantitative estimate of drug-likeness (QED) is 0.475. The third kappa shape index (κ3) is 4.58. The molecule has 0 aliphatic carbocycles. The Bertz CT molecular complexity index is 1250. The molecule has 0 spiro atoms. The van der Waals surface area contributed by atoms with E-state index in [9.17, 15) is 18.0 Å². The van der Waals surface area contributed by atoms with Crippen LogP contribution in [0.3, 0.4) is 0 Å². The minimum absolute atomic E-state index is 0.112. The highest BCUT2D eigenvalue weighted by Gasteiger charge is 2.46. The van der Waals surface area contributed by atoms with Crippen molar-refractivity contribution in [1.29, 1.82) is 0 Å². The highest BCUT2D eigenvalue weighted by atomic mass is 19.4. The third-order valence-corrected chi connectivity index (χ3v) is 6.56. The number of halogens is 3. The van der Waals surface area contributed by atoms with Crippen LogP contribution in [0.1, 0.15) is 34.4 Å². The number of benzene rings is 2. The Hall–Kier alpha value is -3.73. The molecule has 1 saturated heterocycles. The molecular weight excluding hydrogens is 475 g/mol. The fourth-order valence-electron chi connectivity index (χ4n) is 4.45. The van der Waals surface area contributed by atoms with Gasteiger partial charge >= 0.3 is 6.18 Å². The smallest absolute Gasteiger partial charge is 0.410 e. The number of hydrogen-bond donors (Lipinski definition) is 3. The number of rotatable bonds is 6. The molecule has 0 saturated carbocycles. The lowest BCUT2D eigenvalue weighted by molar-refractivity contribution is -0.173. The number of carbonyl (C=O) groups is 1. The zero-order chi connectivity index (χ0) is 25.4. The molecule has 2 aliphatic rings. The average molecular weight is 502 g/mol. The first-order chi connectivity index (χ1) is 17.3. The van der Waals surface area contributed by atoms with Crippen molar-refractivity contribution in [2.75, 3.05) is 32.6 Å². The monoisotopic (exact) mass is 501 g/mol. The summed E-state index contributed by atoms with van der Waals surface area (Å²) in [5.41, 5.74) is 2.13. The number of carbonyl (C=O) groups excluding carboxylic acids is 1. The highest BCUT2D eigenvalue weighted by molar-refractivity contribution is 5.95. The first kappa shape index (κ1) is 24.0. The van der Waals surface area contributed by atoms with Crippen molar-refractivity contribution in [3.05, 3.63) is 59.7 Å². The number of alkyl halides is 3. The van der Waals surface area contributed by atoms with Gasteiger partial charge in [0.2, 0.25) is 0 Å². The van der Waals surface area contributed by atoms with Crippen molar-refractivity contribution < 1.29 is 27.4 Å². The van der Waals surface area contributed by atoms with E-state index in [1.165, 1.54) is 14.2 Å². The summed E-state index contributed by atoms with van der Waals surface area (Å²) in [6.45, 7) is 1.48. The molecule has 5 rings (SSSR count). The second-order valence-electron chi connectivity index (χ2n) is 8.87. The van der Waals surface area contributed by atoms with Gasteiger partial charge in [0.1, 0.15) is 5.82 Å². The van der Waals surface area contributed by atoms with Crippen molar-refractivity contribution in [3.8, 4) is 22.8 Å². The van der Waals surface area contributed by atoms with Crippen LogP contribution in [0.2, 0.25) is 0 Å². The Morgan fingerprint density at radius 3 is 2.39 bits per heavy atom.